The number of carbonyl (C=O) groups excluding carboxylic acids is 3. The Morgan fingerprint density at radius 2 is 1.83 bits per heavy atom. The lowest BCUT2D eigenvalue weighted by molar-refractivity contribution is -0.183. The van der Waals surface area contributed by atoms with Crippen LogP contribution < -0.4 is 32.3 Å². The molecule has 1 saturated heterocycles. The number of nitrogens with two attached hydrogens (primary N) is 1. The van der Waals surface area contributed by atoms with Gasteiger partial charge in [0.25, 0.3) is 5.60 Å². The summed E-state index contributed by atoms with van der Waals surface area (Å²) in [5.41, 5.74) is 8.84. The zero-order chi connectivity index (χ0) is 53.5. The van der Waals surface area contributed by atoms with Crippen LogP contribution >= 0.6 is 0 Å². The van der Waals surface area contributed by atoms with E-state index in [1.165, 1.54) is 16.7 Å². The minimum Gasteiger partial charge on any atom is -0.459 e. The van der Waals surface area contributed by atoms with Crippen LogP contribution in [0.1, 0.15) is 169 Å². The average Bonchev–Trinajstić information content (AvgIpc) is 2.96. The molecule has 0 radical (unpaired) electrons. The number of carbonyl (C=O) groups is 3. The maximum Gasteiger partial charge on any atom is 0.350 e. The summed E-state index contributed by atoms with van der Waals surface area (Å²) in [4.78, 5) is 48.4. The smallest absolute Gasteiger partial charge is 0.350 e. The van der Waals surface area contributed by atoms with Gasteiger partial charge < -0.3 is 52.0 Å². The highest BCUT2D eigenvalue weighted by Crippen LogP contribution is 2.64. The number of ketones is 2. The molecule has 6 aliphatic carbocycles. The average molecular weight is 1050 g/mol. The Hall–Kier alpha value is -4.63. The van der Waals surface area contributed by atoms with Crippen molar-refractivity contribution >= 4 is 17.5 Å². The lowest BCUT2D eigenvalue weighted by Crippen LogP contribution is -2.66. The number of fused-ring (bicyclic) bond motifs is 2. The van der Waals surface area contributed by atoms with Crippen LogP contribution in [0.15, 0.2) is 100 Å². The number of esters is 1. The molecule has 0 amide bonds. The van der Waals surface area contributed by atoms with Gasteiger partial charge in [0.15, 0.2) is 11.4 Å². The van der Waals surface area contributed by atoms with Crippen LogP contribution in [0.5, 0.6) is 0 Å². The van der Waals surface area contributed by atoms with E-state index in [-0.39, 0.29) is 71.0 Å². The highest BCUT2D eigenvalue weighted by molar-refractivity contribution is 6.33. The monoisotopic (exact) mass is 1050 g/mol. The van der Waals surface area contributed by atoms with E-state index in [0.717, 1.165) is 132 Å². The van der Waals surface area contributed by atoms with Crippen LogP contribution in [-0.2, 0) is 20.7 Å². The fraction of sp³-hybridized carbons (Fsp3) is 0.641. The van der Waals surface area contributed by atoms with Crippen molar-refractivity contribution in [3.05, 3.63) is 117 Å². The molecule has 0 aromatic heterocycles. The van der Waals surface area contributed by atoms with Crippen molar-refractivity contribution in [2.45, 2.75) is 190 Å². The predicted molar refractivity (Wildman–Crippen MR) is 298 cm³/mol. The van der Waals surface area contributed by atoms with Gasteiger partial charge in [-0.3, -0.25) is 9.59 Å². The molecule has 1 aromatic carbocycles. The number of ether oxygens (including phenoxy) is 2. The summed E-state index contributed by atoms with van der Waals surface area (Å²) < 4.78 is 14.1. The highest BCUT2D eigenvalue weighted by atomic mass is 16.7. The Kier molecular flexibility index (Phi) is 14.1. The van der Waals surface area contributed by atoms with Crippen LogP contribution in [0.25, 0.3) is 0 Å². The second-order valence-electron chi connectivity index (χ2n) is 26.1. The summed E-state index contributed by atoms with van der Waals surface area (Å²) in [6.07, 6.45) is 31.1. The quantitative estimate of drug-likeness (QED) is 0.0456. The molecule has 13 nitrogen and oxygen atoms in total. The van der Waals surface area contributed by atoms with E-state index in [4.69, 9.17) is 15.2 Å². The highest BCUT2D eigenvalue weighted by Gasteiger charge is 2.86. The number of aliphatic hydroxyl groups excluding tert-OH is 2. The number of nitrogens with one attached hydrogen (secondary N) is 5. The Balaban J connectivity index is 0.961. The first-order chi connectivity index (χ1) is 37.2. The molecule has 12 rings (SSSR count). The molecule has 4 bridgehead atoms. The third-order valence-corrected chi connectivity index (χ3v) is 21.6. The second-order valence-corrected chi connectivity index (χ2v) is 26.1. The molecular formula is C64H86N6O7. The molecule has 13 heteroatoms. The fourth-order valence-corrected chi connectivity index (χ4v) is 17.6. The van der Waals surface area contributed by atoms with Gasteiger partial charge in [-0.25, -0.2) is 4.79 Å². The molecule has 1 unspecified atom stereocenters. The summed E-state index contributed by atoms with van der Waals surface area (Å²) in [6, 6.07) is 5.58. The summed E-state index contributed by atoms with van der Waals surface area (Å²) in [5.74, 6) is -0.110. The van der Waals surface area contributed by atoms with Crippen molar-refractivity contribution in [3.8, 4) is 0 Å². The SMILES string of the molecule is CCN[C@@]12C=C3C=CC[C@H]4CCCC[C@](C)(CC5=CNC(N)C=C5)Cc5cccc6c5C(=O)[C@]5(O[C@@]5(C/C(CO)=C(\C)CCC5=CCNC7=C5CC[C@H](NC)N7)C6=O)C(=O)O[C@H]([C@@H]5C[C@H](O)C6(CCCC6)C[C@H]5C1)[C@@H]2C[C@@H]34. The van der Waals surface area contributed by atoms with Crippen LogP contribution in [-0.4, -0.2) is 95.8 Å². The summed E-state index contributed by atoms with van der Waals surface area (Å²) in [5, 5.41) is 41.5. The first-order valence-corrected chi connectivity index (χ1v) is 29.9. The minimum atomic E-state index is -2.26. The molecule has 13 atom stereocenters. The maximum atomic E-state index is 16.3. The summed E-state index contributed by atoms with van der Waals surface area (Å²) in [6.45, 7) is 7.55. The van der Waals surface area contributed by atoms with Gasteiger partial charge in [-0.15, -0.1) is 0 Å². The predicted octanol–water partition coefficient (Wildman–Crippen LogP) is 8.31. The van der Waals surface area contributed by atoms with Crippen LogP contribution in [0.3, 0.4) is 0 Å². The number of aliphatic hydroxyl groups is 2. The zero-order valence-electron chi connectivity index (χ0n) is 46.2. The molecule has 414 valence electrons. The molecule has 5 heterocycles. The van der Waals surface area contributed by atoms with Crippen LogP contribution in [0.4, 0.5) is 0 Å². The van der Waals surface area contributed by atoms with Crippen molar-refractivity contribution < 1.29 is 34.1 Å². The van der Waals surface area contributed by atoms with E-state index < -0.39 is 46.5 Å². The Bertz CT molecular complexity index is 2780. The van der Waals surface area contributed by atoms with Gasteiger partial charge in [-0.1, -0.05) is 93.7 Å². The molecule has 11 aliphatic rings. The van der Waals surface area contributed by atoms with Gasteiger partial charge in [0.1, 0.15) is 11.9 Å². The third-order valence-electron chi connectivity index (χ3n) is 21.6. The summed E-state index contributed by atoms with van der Waals surface area (Å²) >= 11 is 0. The van der Waals surface area contributed by atoms with Gasteiger partial charge in [0.2, 0.25) is 5.78 Å². The standard InChI is InChI=1S/C64H86N6O7/c1-5-69-62-33-42-14-10-13-40-12-6-7-24-60(3,30-39-18-21-52(65)68-36-39)31-43-15-11-16-47-54(43)57(74)64(59(75)76-55(50(62)28-48(40)42)49-29-51(72)61(25-8-9-26-61)32-44(49)34-62)63(77-64,56(47)73)35-45(37-71)38(2)17-19-41-23-27-67-58-46(41)20-22-53(66-4)70-58/h10-11,14-16,18,21,23,33,36,40,44,48-53,55,66-72H,5-9,12-13,17,19-20,22,24-32,34-35,37,65H2,1-4H3/b45-38-/t40-,44+,48-,49-,50+,51+,52?,53-,55-,60-,62+,63+,64+/m1/s1. The molecule has 77 heavy (non-hydrogen) atoms. The molecule has 1 aromatic rings. The number of allylic oxidation sites excluding steroid dienone is 8. The molecule has 5 aliphatic heterocycles. The molecule has 3 saturated carbocycles. The number of hydrogen-bond acceptors (Lipinski definition) is 13. The van der Waals surface area contributed by atoms with E-state index in [1.807, 2.05) is 38.4 Å². The number of hydrogen-bond donors (Lipinski definition) is 8. The van der Waals surface area contributed by atoms with E-state index in [9.17, 15) is 10.2 Å². The normalized spacial score (nSPS) is 39.0. The lowest BCUT2D eigenvalue weighted by atomic mass is 9.49. The number of benzene rings is 1. The lowest BCUT2D eigenvalue weighted by Gasteiger charge is -2.60. The third kappa shape index (κ3) is 9.00. The van der Waals surface area contributed by atoms with Crippen molar-refractivity contribution in [2.24, 2.45) is 46.2 Å². The van der Waals surface area contributed by atoms with Crippen LogP contribution in [0, 0.1) is 40.4 Å². The number of Topliss-reactive ketones (excluding diaryl/α,β-unsaturated/α-hetero) is 2. The Morgan fingerprint density at radius 1 is 1.00 bits per heavy atom. The Morgan fingerprint density at radius 3 is 2.61 bits per heavy atom. The fourth-order valence-electron chi connectivity index (χ4n) is 17.6. The molecule has 2 spiro atoms. The molecule has 4 fully saturated rings. The largest absolute Gasteiger partial charge is 0.459 e. The second kappa shape index (κ2) is 20.5. The van der Waals surface area contributed by atoms with Crippen molar-refractivity contribution in [2.75, 3.05) is 26.7 Å². The number of dihydropyridines is 2. The minimum absolute atomic E-state index is 0.114. The zero-order valence-corrected chi connectivity index (χ0v) is 46.2. The van der Waals surface area contributed by atoms with Crippen molar-refractivity contribution in [1.29, 1.82) is 0 Å². The van der Waals surface area contributed by atoms with E-state index >= 15 is 14.4 Å². The number of epoxide rings is 1. The van der Waals surface area contributed by atoms with E-state index in [1.54, 1.807) is 6.07 Å². The van der Waals surface area contributed by atoms with Crippen molar-refractivity contribution in [1.82, 2.24) is 26.6 Å². The Labute approximate surface area is 456 Å². The number of likely N-dealkylation sites (N-methyl/N-ethyl adjacent to an activating group) is 1. The van der Waals surface area contributed by atoms with Gasteiger partial charge in [-0.05, 0) is 185 Å². The van der Waals surface area contributed by atoms with E-state index in [2.05, 4.69) is 70.8 Å². The van der Waals surface area contributed by atoms with Crippen molar-refractivity contribution in [3.63, 3.8) is 0 Å². The first kappa shape index (κ1) is 53.0. The first-order valence-electron chi connectivity index (χ1n) is 29.9. The maximum absolute atomic E-state index is 16.3. The van der Waals surface area contributed by atoms with Gasteiger partial charge in [0, 0.05) is 47.7 Å². The molecular weight excluding hydrogens is 965 g/mol. The van der Waals surface area contributed by atoms with Crippen LogP contribution in [0.2, 0.25) is 0 Å². The van der Waals surface area contributed by atoms with Gasteiger partial charge in [0.05, 0.1) is 25.0 Å². The topological polar surface area (TPSA) is 200 Å². The van der Waals surface area contributed by atoms with E-state index in [0.29, 0.717) is 37.3 Å². The van der Waals surface area contributed by atoms with Gasteiger partial charge >= 0.3 is 5.97 Å². The van der Waals surface area contributed by atoms with Gasteiger partial charge in [-0.2, -0.15) is 0 Å². The molecule has 9 N–H and O–H groups in total. The summed E-state index contributed by atoms with van der Waals surface area (Å²) in [7, 11) is 1.97. The number of rotatable bonds is 11.